The number of halogens is 1. The van der Waals surface area contributed by atoms with Crippen molar-refractivity contribution < 1.29 is 18.7 Å². The Morgan fingerprint density at radius 2 is 1.98 bits per heavy atom. The van der Waals surface area contributed by atoms with Crippen LogP contribution in [0.5, 0.6) is 5.75 Å². The zero-order chi connectivity index (χ0) is 28.0. The molecule has 0 bridgehead atoms. The van der Waals surface area contributed by atoms with Crippen LogP contribution in [0.25, 0.3) is 11.0 Å². The van der Waals surface area contributed by atoms with Crippen molar-refractivity contribution in [1.82, 2.24) is 24.8 Å². The summed E-state index contributed by atoms with van der Waals surface area (Å²) in [4.78, 5) is 37.9. The summed E-state index contributed by atoms with van der Waals surface area (Å²) in [5.74, 6) is 0.245. The maximum atomic E-state index is 14.8. The predicted molar refractivity (Wildman–Crippen MR) is 148 cm³/mol. The molecule has 1 unspecified atom stereocenters. The van der Waals surface area contributed by atoms with Gasteiger partial charge in [-0.15, -0.1) is 0 Å². The first-order valence-electron chi connectivity index (χ1n) is 13.9. The molecule has 0 saturated carbocycles. The molecule has 5 heterocycles. The Kier molecular flexibility index (Phi) is 6.95. The number of anilines is 1. The number of piperidine rings is 1. The van der Waals surface area contributed by atoms with E-state index in [2.05, 4.69) is 20.2 Å². The summed E-state index contributed by atoms with van der Waals surface area (Å²) in [7, 11) is 0. The standard InChI is InChI=1S/C29H35FN6O4/c1-29(2,3)40-28(38)35-10-11-39-24-14-32-20(12-23(24)35)13-31-19-6-8-34(9-7-19)16-18-17-36-25(37)15-33-22-5-4-21(30)26(18)27(22)36/h4-5,12,14-15,18-19,31H,6-11,13,16-17H2,1-3H3. The second-order valence-corrected chi connectivity index (χ2v) is 11.8. The Hall–Kier alpha value is -3.57. The van der Waals surface area contributed by atoms with Crippen LogP contribution in [0, 0.1) is 5.82 Å². The summed E-state index contributed by atoms with van der Waals surface area (Å²) >= 11 is 0. The minimum atomic E-state index is -0.583. The van der Waals surface area contributed by atoms with Gasteiger partial charge in [-0.2, -0.15) is 0 Å². The number of fused-ring (bicyclic) bond motifs is 1. The van der Waals surface area contributed by atoms with Crippen LogP contribution in [0.15, 0.2) is 35.4 Å². The Balaban J connectivity index is 1.05. The van der Waals surface area contributed by atoms with Gasteiger partial charge >= 0.3 is 6.09 Å². The topological polar surface area (TPSA) is 102 Å². The minimum Gasteiger partial charge on any atom is -0.488 e. The van der Waals surface area contributed by atoms with Gasteiger partial charge in [0.2, 0.25) is 0 Å². The van der Waals surface area contributed by atoms with E-state index in [-0.39, 0.29) is 17.3 Å². The van der Waals surface area contributed by atoms with Crippen LogP contribution in [0.3, 0.4) is 0 Å². The fourth-order valence-corrected chi connectivity index (χ4v) is 5.94. The van der Waals surface area contributed by atoms with Crippen LogP contribution in [-0.4, -0.2) is 70.0 Å². The zero-order valence-electron chi connectivity index (χ0n) is 23.2. The molecule has 10 nitrogen and oxygen atoms in total. The van der Waals surface area contributed by atoms with E-state index in [1.165, 1.54) is 12.3 Å². The number of hydrogen-bond acceptors (Lipinski definition) is 8. The first-order chi connectivity index (χ1) is 19.2. The summed E-state index contributed by atoms with van der Waals surface area (Å²) < 4.78 is 27.8. The number of nitrogens with zero attached hydrogens (tertiary/aromatic N) is 5. The molecule has 3 aliphatic rings. The average Bonchev–Trinajstić information content (AvgIpc) is 3.31. The summed E-state index contributed by atoms with van der Waals surface area (Å²) in [6.07, 6.45) is 4.50. The molecule has 11 heteroatoms. The lowest BCUT2D eigenvalue weighted by atomic mass is 9.97. The van der Waals surface area contributed by atoms with E-state index < -0.39 is 11.7 Å². The van der Waals surface area contributed by atoms with E-state index in [1.807, 2.05) is 26.8 Å². The predicted octanol–water partition coefficient (Wildman–Crippen LogP) is 3.42. The summed E-state index contributed by atoms with van der Waals surface area (Å²) in [5, 5.41) is 3.61. The lowest BCUT2D eigenvalue weighted by molar-refractivity contribution is 0.0567. The number of likely N-dealkylation sites (tertiary alicyclic amines) is 1. The first kappa shape index (κ1) is 26.6. The summed E-state index contributed by atoms with van der Waals surface area (Å²) in [6.45, 7) is 9.90. The first-order valence-corrected chi connectivity index (χ1v) is 13.9. The molecule has 6 rings (SSSR count). The van der Waals surface area contributed by atoms with Gasteiger partial charge in [0, 0.05) is 37.2 Å². The molecule has 1 aromatic carbocycles. The van der Waals surface area contributed by atoms with Gasteiger partial charge in [-0.05, 0) is 64.9 Å². The van der Waals surface area contributed by atoms with E-state index >= 15 is 0 Å². The molecule has 0 spiro atoms. The molecule has 40 heavy (non-hydrogen) atoms. The number of nitrogens with one attached hydrogen (secondary N) is 1. The number of rotatable bonds is 5. The molecule has 1 amide bonds. The highest BCUT2D eigenvalue weighted by Crippen LogP contribution is 2.35. The Morgan fingerprint density at radius 1 is 1.18 bits per heavy atom. The number of hydrogen-bond donors (Lipinski definition) is 1. The third-order valence-electron chi connectivity index (χ3n) is 7.82. The molecule has 1 fully saturated rings. The Bertz CT molecular complexity index is 1490. The number of pyridine rings is 1. The molecule has 1 N–H and O–H groups in total. The Morgan fingerprint density at radius 3 is 2.75 bits per heavy atom. The quantitative estimate of drug-likeness (QED) is 0.516. The average molecular weight is 551 g/mol. The van der Waals surface area contributed by atoms with Crippen LogP contribution >= 0.6 is 0 Å². The maximum absolute atomic E-state index is 14.8. The third kappa shape index (κ3) is 5.27. The molecule has 3 aliphatic heterocycles. The smallest absolute Gasteiger partial charge is 0.415 e. The van der Waals surface area contributed by atoms with E-state index in [1.54, 1.807) is 21.7 Å². The van der Waals surface area contributed by atoms with Gasteiger partial charge < -0.3 is 24.3 Å². The monoisotopic (exact) mass is 550 g/mol. The van der Waals surface area contributed by atoms with Crippen molar-refractivity contribution in [3.63, 3.8) is 0 Å². The van der Waals surface area contributed by atoms with Gasteiger partial charge in [0.15, 0.2) is 5.75 Å². The van der Waals surface area contributed by atoms with Crippen molar-refractivity contribution in [3.05, 3.63) is 58.0 Å². The van der Waals surface area contributed by atoms with Crippen LogP contribution < -0.4 is 20.5 Å². The molecule has 2 aromatic heterocycles. The van der Waals surface area contributed by atoms with Crippen LogP contribution in [-0.2, 0) is 17.8 Å². The highest BCUT2D eigenvalue weighted by molar-refractivity contribution is 5.90. The number of carbonyl (C=O) groups excluding carboxylic acids is 1. The fraction of sp³-hybridized carbons (Fsp3) is 0.517. The SMILES string of the molecule is CC(C)(C)OC(=O)N1CCOc2cnc(CNC3CCN(CC4Cn5c(=O)cnc6ccc(F)c4c65)CC3)cc21. The summed E-state index contributed by atoms with van der Waals surface area (Å²) in [5.41, 5.74) is 2.66. The van der Waals surface area contributed by atoms with Crippen molar-refractivity contribution in [2.24, 2.45) is 0 Å². The lowest BCUT2D eigenvalue weighted by Crippen LogP contribution is -2.44. The number of amides is 1. The molecular weight excluding hydrogens is 515 g/mol. The number of ether oxygens (including phenoxy) is 2. The third-order valence-corrected chi connectivity index (χ3v) is 7.82. The van der Waals surface area contributed by atoms with Crippen molar-refractivity contribution >= 4 is 22.8 Å². The molecule has 0 aliphatic carbocycles. The van der Waals surface area contributed by atoms with Gasteiger partial charge in [0.05, 0.1) is 41.4 Å². The molecule has 212 valence electrons. The second kappa shape index (κ2) is 10.4. The second-order valence-electron chi connectivity index (χ2n) is 11.8. The van der Waals surface area contributed by atoms with Crippen LogP contribution in [0.1, 0.15) is 50.8 Å². The summed E-state index contributed by atoms with van der Waals surface area (Å²) in [6, 6.07) is 5.31. The maximum Gasteiger partial charge on any atom is 0.415 e. The molecule has 3 aromatic rings. The number of carbonyl (C=O) groups is 1. The van der Waals surface area contributed by atoms with E-state index in [4.69, 9.17) is 9.47 Å². The highest BCUT2D eigenvalue weighted by Gasteiger charge is 2.32. The van der Waals surface area contributed by atoms with Gasteiger partial charge in [0.25, 0.3) is 5.56 Å². The lowest BCUT2D eigenvalue weighted by Gasteiger charge is -2.34. The van der Waals surface area contributed by atoms with Gasteiger partial charge in [-0.3, -0.25) is 14.7 Å². The van der Waals surface area contributed by atoms with Crippen LogP contribution in [0.2, 0.25) is 0 Å². The number of benzene rings is 1. The fourth-order valence-electron chi connectivity index (χ4n) is 5.94. The van der Waals surface area contributed by atoms with Crippen molar-refractivity contribution in [1.29, 1.82) is 0 Å². The largest absolute Gasteiger partial charge is 0.488 e. The molecule has 1 saturated heterocycles. The molecular formula is C29H35FN6O4. The Labute approximate surface area is 232 Å². The normalized spacial score (nSPS) is 19.5. The number of aromatic nitrogens is 3. The van der Waals surface area contributed by atoms with Crippen LogP contribution in [0.4, 0.5) is 14.9 Å². The van der Waals surface area contributed by atoms with Gasteiger partial charge in [-0.1, -0.05) is 0 Å². The van der Waals surface area contributed by atoms with Gasteiger partial charge in [-0.25, -0.2) is 14.2 Å². The van der Waals surface area contributed by atoms with Crippen molar-refractivity contribution in [2.45, 2.75) is 64.3 Å². The highest BCUT2D eigenvalue weighted by atomic mass is 19.1. The zero-order valence-corrected chi connectivity index (χ0v) is 23.2. The van der Waals surface area contributed by atoms with Crippen molar-refractivity contribution in [3.8, 4) is 5.75 Å². The van der Waals surface area contributed by atoms with Crippen molar-refractivity contribution in [2.75, 3.05) is 37.7 Å². The molecule has 0 radical (unpaired) electrons. The van der Waals surface area contributed by atoms with E-state index in [9.17, 15) is 14.0 Å². The minimum absolute atomic E-state index is 0.0695. The molecule has 1 atom stereocenters. The van der Waals surface area contributed by atoms with E-state index in [0.29, 0.717) is 66.9 Å². The van der Waals surface area contributed by atoms with E-state index in [0.717, 1.165) is 31.6 Å². The van der Waals surface area contributed by atoms with Gasteiger partial charge in [0.1, 0.15) is 18.0 Å².